The largest absolute Gasteiger partial charge is 0.158 e. The van der Waals surface area contributed by atoms with Crippen LogP contribution in [0.15, 0.2) is 0 Å². The van der Waals surface area contributed by atoms with Crippen LogP contribution in [0.4, 0.5) is 0 Å². The van der Waals surface area contributed by atoms with Gasteiger partial charge in [0, 0.05) is 5.25 Å². The molecule has 88 valence electrons. The molecular formula is C14H26S. The summed E-state index contributed by atoms with van der Waals surface area (Å²) < 4.78 is 0. The van der Waals surface area contributed by atoms with Crippen molar-refractivity contribution in [2.45, 2.75) is 58.1 Å². The third kappa shape index (κ3) is 2.23. The molecule has 0 heterocycles. The summed E-state index contributed by atoms with van der Waals surface area (Å²) in [5, 5.41) is 1.03. The maximum absolute atomic E-state index is 2.52. The monoisotopic (exact) mass is 226 g/mol. The summed E-state index contributed by atoms with van der Waals surface area (Å²) in [6.07, 6.45) is 7.31. The van der Waals surface area contributed by atoms with Crippen molar-refractivity contribution in [2.24, 2.45) is 23.7 Å². The van der Waals surface area contributed by atoms with Crippen molar-refractivity contribution >= 4 is 11.8 Å². The van der Waals surface area contributed by atoms with Gasteiger partial charge in [-0.15, -0.1) is 0 Å². The van der Waals surface area contributed by atoms with Crippen LogP contribution in [0.2, 0.25) is 0 Å². The summed E-state index contributed by atoms with van der Waals surface area (Å²) in [7, 11) is 0. The number of hydrogen-bond donors (Lipinski definition) is 0. The van der Waals surface area contributed by atoms with E-state index in [-0.39, 0.29) is 0 Å². The lowest BCUT2D eigenvalue weighted by Gasteiger charge is -2.33. The molecule has 2 rings (SSSR count). The highest BCUT2D eigenvalue weighted by Crippen LogP contribution is 2.56. The average Bonchev–Trinajstić information content (AvgIpc) is 2.75. The SMILES string of the molecule is CCCCSC1CC2CC1C(C)C2CC. The Balaban J connectivity index is 1.83. The van der Waals surface area contributed by atoms with E-state index >= 15 is 0 Å². The fraction of sp³-hybridized carbons (Fsp3) is 1.00. The first-order valence-corrected chi connectivity index (χ1v) is 7.94. The Kier molecular flexibility index (Phi) is 4.04. The number of fused-ring (bicyclic) bond motifs is 2. The highest BCUT2D eigenvalue weighted by Gasteiger charge is 2.49. The van der Waals surface area contributed by atoms with Crippen LogP contribution in [-0.2, 0) is 0 Å². The fourth-order valence-corrected chi connectivity index (χ4v) is 5.74. The summed E-state index contributed by atoms with van der Waals surface area (Å²) in [6.45, 7) is 7.21. The van der Waals surface area contributed by atoms with Crippen molar-refractivity contribution in [3.05, 3.63) is 0 Å². The zero-order valence-corrected chi connectivity index (χ0v) is 11.4. The van der Waals surface area contributed by atoms with Crippen molar-refractivity contribution in [1.29, 1.82) is 0 Å². The van der Waals surface area contributed by atoms with Gasteiger partial charge in [-0.3, -0.25) is 0 Å². The van der Waals surface area contributed by atoms with Gasteiger partial charge in [0.15, 0.2) is 0 Å². The maximum Gasteiger partial charge on any atom is 0.00808 e. The van der Waals surface area contributed by atoms with Gasteiger partial charge in [-0.1, -0.05) is 33.6 Å². The van der Waals surface area contributed by atoms with E-state index < -0.39 is 0 Å². The minimum absolute atomic E-state index is 1.02. The van der Waals surface area contributed by atoms with Crippen molar-refractivity contribution < 1.29 is 0 Å². The Labute approximate surface area is 99.6 Å². The number of rotatable bonds is 5. The maximum atomic E-state index is 2.52. The van der Waals surface area contributed by atoms with E-state index in [2.05, 4.69) is 32.5 Å². The smallest absolute Gasteiger partial charge is 0.00808 e. The molecule has 15 heavy (non-hydrogen) atoms. The zero-order chi connectivity index (χ0) is 10.8. The summed E-state index contributed by atoms with van der Waals surface area (Å²) >= 11 is 2.29. The quantitative estimate of drug-likeness (QED) is 0.618. The molecule has 0 nitrogen and oxygen atoms in total. The van der Waals surface area contributed by atoms with E-state index in [0.717, 1.165) is 28.9 Å². The molecule has 5 unspecified atom stereocenters. The van der Waals surface area contributed by atoms with Gasteiger partial charge in [0.2, 0.25) is 0 Å². The minimum Gasteiger partial charge on any atom is -0.158 e. The van der Waals surface area contributed by atoms with E-state index in [0.29, 0.717) is 0 Å². The first-order valence-electron chi connectivity index (χ1n) is 6.89. The van der Waals surface area contributed by atoms with Crippen molar-refractivity contribution in [1.82, 2.24) is 0 Å². The number of hydrogen-bond acceptors (Lipinski definition) is 1. The molecule has 0 aromatic carbocycles. The molecule has 0 amide bonds. The van der Waals surface area contributed by atoms with Gasteiger partial charge in [-0.05, 0) is 48.7 Å². The van der Waals surface area contributed by atoms with E-state index in [1.807, 2.05) is 0 Å². The predicted molar refractivity (Wildman–Crippen MR) is 70.3 cm³/mol. The summed E-state index contributed by atoms with van der Waals surface area (Å²) in [5.41, 5.74) is 0. The molecule has 2 aliphatic carbocycles. The zero-order valence-electron chi connectivity index (χ0n) is 10.5. The van der Waals surface area contributed by atoms with Gasteiger partial charge in [-0.25, -0.2) is 0 Å². The third-order valence-corrected chi connectivity index (χ3v) is 6.34. The summed E-state index contributed by atoms with van der Waals surface area (Å²) in [5.74, 6) is 5.66. The van der Waals surface area contributed by atoms with Crippen LogP contribution >= 0.6 is 11.8 Å². The van der Waals surface area contributed by atoms with Crippen molar-refractivity contribution in [3.8, 4) is 0 Å². The van der Waals surface area contributed by atoms with Crippen molar-refractivity contribution in [3.63, 3.8) is 0 Å². The van der Waals surface area contributed by atoms with Crippen LogP contribution < -0.4 is 0 Å². The molecule has 0 aromatic heterocycles. The molecule has 5 atom stereocenters. The summed E-state index contributed by atoms with van der Waals surface area (Å²) in [4.78, 5) is 0. The molecule has 2 saturated carbocycles. The molecule has 0 radical (unpaired) electrons. The second-order valence-corrected chi connectivity index (χ2v) is 6.94. The fourth-order valence-electron chi connectivity index (χ4n) is 4.00. The Morgan fingerprint density at radius 2 is 2.00 bits per heavy atom. The third-order valence-electron chi connectivity index (χ3n) is 4.84. The van der Waals surface area contributed by atoms with Crippen LogP contribution in [0.1, 0.15) is 52.9 Å². The lowest BCUT2D eigenvalue weighted by atomic mass is 9.79. The number of unbranched alkanes of at least 4 members (excludes halogenated alkanes) is 1. The summed E-state index contributed by atoms with van der Waals surface area (Å²) in [6, 6.07) is 0. The highest BCUT2D eigenvalue weighted by atomic mass is 32.2. The predicted octanol–water partition coefficient (Wildman–Crippen LogP) is 4.59. The number of thioether (sulfide) groups is 1. The van der Waals surface area contributed by atoms with Gasteiger partial charge in [0.05, 0.1) is 0 Å². The van der Waals surface area contributed by atoms with Crippen LogP contribution in [0.25, 0.3) is 0 Å². The molecule has 0 spiro atoms. The molecular weight excluding hydrogens is 200 g/mol. The second kappa shape index (κ2) is 5.12. The van der Waals surface area contributed by atoms with Gasteiger partial charge < -0.3 is 0 Å². The van der Waals surface area contributed by atoms with E-state index in [9.17, 15) is 0 Å². The van der Waals surface area contributed by atoms with E-state index in [1.165, 1.54) is 25.0 Å². The lowest BCUT2D eigenvalue weighted by Crippen LogP contribution is -2.27. The van der Waals surface area contributed by atoms with Crippen molar-refractivity contribution in [2.75, 3.05) is 5.75 Å². The topological polar surface area (TPSA) is 0 Å². The molecule has 2 bridgehead atoms. The molecule has 1 heteroatoms. The van der Waals surface area contributed by atoms with Crippen LogP contribution in [-0.4, -0.2) is 11.0 Å². The van der Waals surface area contributed by atoms with Gasteiger partial charge >= 0.3 is 0 Å². The van der Waals surface area contributed by atoms with Gasteiger partial charge in [0.1, 0.15) is 0 Å². The van der Waals surface area contributed by atoms with E-state index in [4.69, 9.17) is 0 Å². The Bertz CT molecular complexity index is 200. The van der Waals surface area contributed by atoms with E-state index in [1.54, 1.807) is 12.8 Å². The van der Waals surface area contributed by atoms with Crippen LogP contribution in [0.5, 0.6) is 0 Å². The first kappa shape index (κ1) is 11.8. The molecule has 0 aliphatic heterocycles. The molecule has 0 saturated heterocycles. The molecule has 0 aromatic rings. The minimum atomic E-state index is 1.02. The highest BCUT2D eigenvalue weighted by molar-refractivity contribution is 7.99. The molecule has 0 N–H and O–H groups in total. The molecule has 2 aliphatic rings. The van der Waals surface area contributed by atoms with Gasteiger partial charge in [-0.2, -0.15) is 11.8 Å². The molecule has 2 fully saturated rings. The van der Waals surface area contributed by atoms with Crippen LogP contribution in [0.3, 0.4) is 0 Å². The average molecular weight is 226 g/mol. The Hall–Kier alpha value is 0.350. The standard InChI is InChI=1S/C14H26S/c1-4-6-7-15-14-9-11-8-13(14)10(3)12(11)5-2/h10-14H,4-9H2,1-3H3. The van der Waals surface area contributed by atoms with Gasteiger partial charge in [0.25, 0.3) is 0 Å². The first-order chi connectivity index (χ1) is 7.27. The normalized spacial score (nSPS) is 43.8. The Morgan fingerprint density at radius 1 is 1.20 bits per heavy atom. The second-order valence-electron chi connectivity index (χ2n) is 5.59. The van der Waals surface area contributed by atoms with Crippen LogP contribution in [0, 0.1) is 23.7 Å². The lowest BCUT2D eigenvalue weighted by molar-refractivity contribution is 0.238. The Morgan fingerprint density at radius 3 is 2.60 bits per heavy atom.